The van der Waals surface area contributed by atoms with Crippen molar-refractivity contribution < 1.29 is 40.6 Å². The van der Waals surface area contributed by atoms with Crippen LogP contribution in [0.4, 0.5) is 13.2 Å². The molecule has 0 bridgehead atoms. The minimum atomic E-state index is -4.16. The van der Waals surface area contributed by atoms with Gasteiger partial charge >= 0.3 is 5.51 Å². The lowest BCUT2D eigenvalue weighted by Crippen LogP contribution is -2.42. The summed E-state index contributed by atoms with van der Waals surface area (Å²) in [7, 11) is -1.71. The van der Waals surface area contributed by atoms with Gasteiger partial charge in [-0.15, -0.1) is 13.2 Å². The van der Waals surface area contributed by atoms with Crippen molar-refractivity contribution in [1.29, 1.82) is 0 Å². The summed E-state index contributed by atoms with van der Waals surface area (Å²) in [5, 5.41) is 0.754. The van der Waals surface area contributed by atoms with Crippen LogP contribution in [0.15, 0.2) is 24.3 Å². The number of aryl methyl sites for hydroxylation is 2. The zero-order valence-corrected chi connectivity index (χ0v) is 15.2. The molecule has 8 heteroatoms. The molecule has 1 aromatic heterocycles. The lowest BCUT2D eigenvalue weighted by Gasteiger charge is -2.00. The molecule has 0 aliphatic carbocycles. The lowest BCUT2D eigenvalue weighted by molar-refractivity contribution is -1.73. The van der Waals surface area contributed by atoms with E-state index < -0.39 is 30.8 Å². The van der Waals surface area contributed by atoms with E-state index in [9.17, 15) is 13.2 Å². The predicted octanol–water partition coefficient (Wildman–Crippen LogP) is 2.40. The van der Waals surface area contributed by atoms with Gasteiger partial charge in [0.05, 0.1) is 10.5 Å². The molecule has 0 amide bonds. The van der Waals surface area contributed by atoms with E-state index in [0.717, 1.165) is 30.2 Å². The summed E-state index contributed by atoms with van der Waals surface area (Å²) in [6.45, 7) is 3.97. The fourth-order valence-electron chi connectivity index (χ4n) is 2.27. The number of alkyl halides is 3. The maximum Gasteiger partial charge on any atom is 0.600 e. The number of hydrogen-bond donors (Lipinski definition) is 0. The molecule has 0 N–H and O–H groups in total. The molecule has 0 radical (unpaired) electrons. The number of fused-ring (bicyclic) bond motifs is 1. The average Bonchev–Trinajstić information content (AvgIpc) is 2.81. The highest BCUT2D eigenvalue weighted by atomic mass is 80.0. The number of halogens is 4. The highest BCUT2D eigenvalue weighted by molar-refractivity contribution is 7.38. The van der Waals surface area contributed by atoms with Crippen LogP contribution in [-0.4, -0.2) is 0 Å². The van der Waals surface area contributed by atoms with Gasteiger partial charge in [-0.05, 0) is 24.5 Å². The fourth-order valence-corrected chi connectivity index (χ4v) is 4.32. The van der Waals surface area contributed by atoms with Gasteiger partial charge in [0.15, 0.2) is 9.58 Å². The summed E-state index contributed by atoms with van der Waals surface area (Å²) in [6, 6.07) is 7.25. The predicted molar refractivity (Wildman–Crippen MR) is 75.7 cm³/mol. The average molecular weight is 415 g/mol. The molecule has 1 unspecified atom stereocenters. The molecule has 130 valence electrons. The quantitative estimate of drug-likeness (QED) is 0.721. The summed E-state index contributed by atoms with van der Waals surface area (Å²) < 4.78 is 66.0. The zero-order chi connectivity index (χ0) is 17.6. The van der Waals surface area contributed by atoms with Crippen molar-refractivity contribution in [3.63, 3.8) is 0 Å². The Balaban J connectivity index is 0.000000593. The summed E-state index contributed by atoms with van der Waals surface area (Å²) in [4.78, 5) is 0.553. The van der Waals surface area contributed by atoms with Crippen LogP contribution in [-0.2, 0) is 18.3 Å². The highest BCUT2D eigenvalue weighted by Crippen LogP contribution is 2.51. The molecule has 1 atom stereocenters. The van der Waals surface area contributed by atoms with E-state index >= 15 is 0 Å². The minimum absolute atomic E-state index is 0.470. The summed E-state index contributed by atoms with van der Waals surface area (Å²) in [6.07, 6.45) is 3.06. The third-order valence-corrected chi connectivity index (χ3v) is 5.40. The molecule has 1 aromatic carbocycles. The fraction of sp³-hybridized carbons (Fsp3) is 0.467. The van der Waals surface area contributed by atoms with Gasteiger partial charge < -0.3 is 12.6 Å². The zero-order valence-electron chi connectivity index (χ0n) is 12.8. The van der Waals surface area contributed by atoms with Crippen molar-refractivity contribution in [2.24, 2.45) is 0 Å². The van der Waals surface area contributed by atoms with Gasteiger partial charge in [0, 0.05) is 23.9 Å². The molecule has 3 nitrogen and oxygen atoms in total. The van der Waals surface area contributed by atoms with Gasteiger partial charge in [-0.3, -0.25) is 0 Å². The van der Waals surface area contributed by atoms with Crippen LogP contribution >= 0.6 is 10.5 Å². The molecule has 0 spiro atoms. The first kappa shape index (κ1) is 20.4. The van der Waals surface area contributed by atoms with Crippen molar-refractivity contribution >= 4 is 20.6 Å². The van der Waals surface area contributed by atoms with Crippen molar-refractivity contribution in [1.82, 2.24) is 0 Å². The smallest absolute Gasteiger partial charge is 0.405 e. The van der Waals surface area contributed by atoms with Gasteiger partial charge in [0.2, 0.25) is 14.8 Å². The van der Waals surface area contributed by atoms with Crippen LogP contribution in [0.3, 0.4) is 0 Å². The van der Waals surface area contributed by atoms with Gasteiger partial charge in [0.25, 0.3) is 0 Å². The van der Waals surface area contributed by atoms with Crippen molar-refractivity contribution in [2.45, 2.75) is 45.0 Å². The molecule has 2 aromatic rings. The second-order valence-electron chi connectivity index (χ2n) is 4.88. The Bertz CT molecular complexity index is 623. The highest BCUT2D eigenvalue weighted by Gasteiger charge is 2.47. The molecule has 0 aliphatic heterocycles. The standard InChI is InChI=1S/C15H18F3S.BrO3/c1-3-5-6-13-10-12-8-7-11(4-2)9-14(12)19(13)15(16,17)18;2-1(3)4/h7-10H,3-6H2,1-2H3;/q+1;-1. The van der Waals surface area contributed by atoms with Crippen molar-refractivity contribution in [3.8, 4) is 0 Å². The molecule has 0 aliphatic rings. The van der Waals surface area contributed by atoms with Gasteiger partial charge in [-0.1, -0.05) is 26.3 Å². The van der Waals surface area contributed by atoms with E-state index in [1.165, 1.54) is 0 Å². The monoisotopic (exact) mass is 414 g/mol. The maximum absolute atomic E-state index is 13.3. The van der Waals surface area contributed by atoms with E-state index in [0.29, 0.717) is 16.0 Å². The third kappa shape index (κ3) is 6.04. The Morgan fingerprint density at radius 3 is 2.17 bits per heavy atom. The van der Waals surface area contributed by atoms with Gasteiger partial charge in [0.1, 0.15) is 0 Å². The van der Waals surface area contributed by atoms with E-state index in [2.05, 4.69) is 0 Å². The molecular formula is C15H18BrF3O3S. The van der Waals surface area contributed by atoms with E-state index in [1.54, 1.807) is 12.1 Å². The van der Waals surface area contributed by atoms with Crippen LogP contribution in [0.2, 0.25) is 0 Å². The van der Waals surface area contributed by atoms with Crippen LogP contribution in [0, 0.1) is 14.8 Å². The number of hydrogen-bond acceptors (Lipinski definition) is 3. The second kappa shape index (κ2) is 8.98. The first-order chi connectivity index (χ1) is 10.7. The first-order valence-corrected chi connectivity index (χ1v) is 10.2. The molecule has 23 heavy (non-hydrogen) atoms. The van der Waals surface area contributed by atoms with Crippen LogP contribution in [0.5, 0.6) is 0 Å². The van der Waals surface area contributed by atoms with Crippen molar-refractivity contribution in [3.05, 3.63) is 34.7 Å². The topological polar surface area (TPSA) is 69.2 Å². The van der Waals surface area contributed by atoms with Gasteiger partial charge in [-0.2, -0.15) is 0 Å². The van der Waals surface area contributed by atoms with Crippen LogP contribution in [0.25, 0.3) is 10.1 Å². The summed E-state index contributed by atoms with van der Waals surface area (Å²) >= 11 is -3.65. The number of unbranched alkanes of at least 4 members (excludes halogenated alkanes) is 1. The van der Waals surface area contributed by atoms with Crippen molar-refractivity contribution in [2.75, 3.05) is 0 Å². The van der Waals surface area contributed by atoms with E-state index in [1.807, 2.05) is 26.0 Å². The van der Waals surface area contributed by atoms with E-state index in [-0.39, 0.29) is 0 Å². The Morgan fingerprint density at radius 1 is 1.09 bits per heavy atom. The van der Waals surface area contributed by atoms with Crippen LogP contribution < -0.4 is 12.6 Å². The molecule has 2 rings (SSSR count). The number of rotatable bonds is 4. The number of thiophene rings is 1. The Morgan fingerprint density at radius 2 is 1.70 bits per heavy atom. The first-order valence-electron chi connectivity index (χ1n) is 7.08. The second-order valence-corrected chi connectivity index (χ2v) is 7.71. The lowest BCUT2D eigenvalue weighted by atomic mass is 10.1. The SMILES string of the molecule is CCCCc1cc2ccc(CC)cc2[s+]1C(F)(F)F.[O-][Br+2]([O-])[O-]. The molecule has 0 fully saturated rings. The largest absolute Gasteiger partial charge is 0.600 e. The Labute approximate surface area is 141 Å². The maximum atomic E-state index is 13.3. The molecule has 0 saturated carbocycles. The van der Waals surface area contributed by atoms with Gasteiger partial charge in [-0.25, -0.2) is 0 Å². The molecule has 0 saturated heterocycles. The Hall–Kier alpha value is -0.670. The summed E-state index contributed by atoms with van der Waals surface area (Å²) in [5.74, 6) is 0. The van der Waals surface area contributed by atoms with Crippen LogP contribution in [0.1, 0.15) is 37.1 Å². The Kier molecular flexibility index (Phi) is 7.96. The van der Waals surface area contributed by atoms with E-state index in [4.69, 9.17) is 12.6 Å². The molecule has 1 heterocycles. The minimum Gasteiger partial charge on any atom is -0.405 e. The summed E-state index contributed by atoms with van der Waals surface area (Å²) in [5.41, 5.74) is -3.18. The third-order valence-electron chi connectivity index (χ3n) is 3.29. The normalized spacial score (nSPS) is 12.5. The number of benzene rings is 1. The molecular weight excluding hydrogens is 397 g/mol.